The number of carbonyl (C=O) groups excluding carboxylic acids is 2. The standard InChI is InChI=1S/C32H30BrCl2N3O4S/c1-22-11-14-27(15-12-22)43(41,42)38(29-19-26(34)13-16-28(29)35)21-31(39)37(20-24-9-6-10-25(33)17-24)30(32(40)36-2)18-23-7-4-3-5-8-23/h3-17,19,30H,18,20-21H2,1-2H3,(H,36,40). The van der Waals surface area contributed by atoms with Crippen molar-refractivity contribution in [1.29, 1.82) is 0 Å². The first-order valence-electron chi connectivity index (χ1n) is 13.3. The molecule has 4 aromatic carbocycles. The fourth-order valence-electron chi connectivity index (χ4n) is 4.58. The van der Waals surface area contributed by atoms with E-state index in [1.54, 1.807) is 12.1 Å². The number of amides is 2. The predicted octanol–water partition coefficient (Wildman–Crippen LogP) is 6.65. The van der Waals surface area contributed by atoms with Gasteiger partial charge in [-0.15, -0.1) is 0 Å². The number of sulfonamides is 1. The van der Waals surface area contributed by atoms with Crippen molar-refractivity contribution in [3.05, 3.63) is 128 Å². The van der Waals surface area contributed by atoms with Gasteiger partial charge in [-0.05, 0) is 60.5 Å². The highest BCUT2D eigenvalue weighted by Gasteiger charge is 2.35. The molecule has 0 bridgehead atoms. The Kier molecular flexibility index (Phi) is 10.9. The van der Waals surface area contributed by atoms with Crippen LogP contribution in [0.2, 0.25) is 10.0 Å². The molecule has 0 aliphatic heterocycles. The van der Waals surface area contributed by atoms with E-state index in [9.17, 15) is 18.0 Å². The minimum absolute atomic E-state index is 0.0207. The zero-order valence-electron chi connectivity index (χ0n) is 23.5. The first kappa shape index (κ1) is 32.5. The number of halogens is 3. The maximum absolute atomic E-state index is 14.3. The van der Waals surface area contributed by atoms with Gasteiger partial charge in [-0.25, -0.2) is 8.42 Å². The van der Waals surface area contributed by atoms with Gasteiger partial charge in [-0.1, -0.05) is 99.3 Å². The topological polar surface area (TPSA) is 86.8 Å². The average Bonchev–Trinajstić information content (AvgIpc) is 2.99. The molecular formula is C32H30BrCl2N3O4S. The third-order valence-corrected chi connectivity index (χ3v) is 9.65. The zero-order valence-corrected chi connectivity index (χ0v) is 27.4. The van der Waals surface area contributed by atoms with Crippen LogP contribution in [-0.4, -0.2) is 44.8 Å². The number of nitrogens with zero attached hydrogens (tertiary/aromatic N) is 2. The first-order valence-corrected chi connectivity index (χ1v) is 16.3. The van der Waals surface area contributed by atoms with E-state index in [1.807, 2.05) is 61.5 Å². The summed E-state index contributed by atoms with van der Waals surface area (Å²) in [6.45, 7) is 1.26. The molecule has 0 saturated carbocycles. The molecule has 0 aromatic heterocycles. The zero-order chi connectivity index (χ0) is 31.1. The molecule has 0 fully saturated rings. The molecule has 0 heterocycles. The lowest BCUT2D eigenvalue weighted by Gasteiger charge is -2.34. The summed E-state index contributed by atoms with van der Waals surface area (Å²) in [6, 6.07) is 26.5. The number of nitrogens with one attached hydrogen (secondary N) is 1. The highest BCUT2D eigenvalue weighted by atomic mass is 79.9. The fourth-order valence-corrected chi connectivity index (χ4v) is 6.89. The third kappa shape index (κ3) is 8.17. The van der Waals surface area contributed by atoms with Gasteiger partial charge in [-0.3, -0.25) is 13.9 Å². The van der Waals surface area contributed by atoms with Crippen molar-refractivity contribution in [3.8, 4) is 0 Å². The van der Waals surface area contributed by atoms with Crippen LogP contribution in [0.1, 0.15) is 16.7 Å². The highest BCUT2D eigenvalue weighted by Crippen LogP contribution is 2.33. The van der Waals surface area contributed by atoms with Crippen LogP contribution < -0.4 is 9.62 Å². The largest absolute Gasteiger partial charge is 0.357 e. The Morgan fingerprint density at radius 1 is 0.884 bits per heavy atom. The summed E-state index contributed by atoms with van der Waals surface area (Å²) >= 11 is 16.2. The number of hydrogen-bond donors (Lipinski definition) is 1. The van der Waals surface area contributed by atoms with Crippen molar-refractivity contribution in [2.45, 2.75) is 30.8 Å². The number of aryl methyl sites for hydroxylation is 1. The molecule has 11 heteroatoms. The molecule has 4 rings (SSSR count). The highest BCUT2D eigenvalue weighted by molar-refractivity contribution is 9.10. The van der Waals surface area contributed by atoms with Gasteiger partial charge >= 0.3 is 0 Å². The van der Waals surface area contributed by atoms with Gasteiger partial charge in [0, 0.05) is 29.5 Å². The van der Waals surface area contributed by atoms with Gasteiger partial charge in [0.15, 0.2) is 0 Å². The lowest BCUT2D eigenvalue weighted by Crippen LogP contribution is -2.53. The second kappa shape index (κ2) is 14.4. The molecule has 0 aliphatic carbocycles. The van der Waals surface area contributed by atoms with E-state index in [4.69, 9.17) is 23.2 Å². The van der Waals surface area contributed by atoms with E-state index in [2.05, 4.69) is 21.2 Å². The SMILES string of the molecule is CNC(=O)C(Cc1ccccc1)N(Cc1cccc(Br)c1)C(=O)CN(c1cc(Cl)ccc1Cl)S(=O)(=O)c1ccc(C)cc1. The number of anilines is 1. The summed E-state index contributed by atoms with van der Waals surface area (Å²) in [5.74, 6) is -0.989. The van der Waals surface area contributed by atoms with Crippen molar-refractivity contribution >= 4 is 66.7 Å². The van der Waals surface area contributed by atoms with Crippen molar-refractivity contribution in [2.24, 2.45) is 0 Å². The Balaban J connectivity index is 1.82. The van der Waals surface area contributed by atoms with Crippen molar-refractivity contribution < 1.29 is 18.0 Å². The van der Waals surface area contributed by atoms with Gasteiger partial charge in [-0.2, -0.15) is 0 Å². The van der Waals surface area contributed by atoms with E-state index < -0.39 is 28.5 Å². The van der Waals surface area contributed by atoms with Crippen LogP contribution in [0.5, 0.6) is 0 Å². The molecule has 43 heavy (non-hydrogen) atoms. The van der Waals surface area contributed by atoms with Gasteiger partial charge in [0.05, 0.1) is 15.6 Å². The lowest BCUT2D eigenvalue weighted by molar-refractivity contribution is -0.139. The molecule has 4 aromatic rings. The van der Waals surface area contributed by atoms with Gasteiger partial charge in [0.1, 0.15) is 12.6 Å². The van der Waals surface area contributed by atoms with E-state index in [1.165, 1.54) is 42.3 Å². The van der Waals surface area contributed by atoms with E-state index in [-0.39, 0.29) is 39.5 Å². The van der Waals surface area contributed by atoms with Gasteiger partial charge in [0.25, 0.3) is 10.0 Å². The monoisotopic (exact) mass is 701 g/mol. The van der Waals surface area contributed by atoms with E-state index >= 15 is 0 Å². The fraction of sp³-hybridized carbons (Fsp3) is 0.188. The minimum atomic E-state index is -4.29. The van der Waals surface area contributed by atoms with Crippen molar-refractivity contribution in [1.82, 2.24) is 10.2 Å². The molecule has 1 N–H and O–H groups in total. The summed E-state index contributed by atoms with van der Waals surface area (Å²) in [5, 5.41) is 3.01. The Labute approximate surface area is 270 Å². The molecule has 0 aliphatic rings. The van der Waals surface area contributed by atoms with Crippen LogP contribution in [0.4, 0.5) is 5.69 Å². The quantitative estimate of drug-likeness (QED) is 0.190. The van der Waals surface area contributed by atoms with Crippen molar-refractivity contribution in [2.75, 3.05) is 17.9 Å². The van der Waals surface area contributed by atoms with Crippen LogP contribution in [0.3, 0.4) is 0 Å². The van der Waals surface area contributed by atoms with Crippen LogP contribution in [0.25, 0.3) is 0 Å². The molecule has 1 atom stereocenters. The number of hydrogen-bond acceptors (Lipinski definition) is 4. The van der Waals surface area contributed by atoms with Crippen molar-refractivity contribution in [3.63, 3.8) is 0 Å². The smallest absolute Gasteiger partial charge is 0.264 e. The summed E-state index contributed by atoms with van der Waals surface area (Å²) in [7, 11) is -2.79. The molecule has 0 radical (unpaired) electrons. The summed E-state index contributed by atoms with van der Waals surface area (Å²) < 4.78 is 29.9. The van der Waals surface area contributed by atoms with Crippen LogP contribution in [0, 0.1) is 6.92 Å². The Morgan fingerprint density at radius 3 is 2.21 bits per heavy atom. The second-order valence-electron chi connectivity index (χ2n) is 9.89. The maximum atomic E-state index is 14.3. The number of likely N-dealkylation sites (N-methyl/N-ethyl adjacent to an activating group) is 1. The van der Waals surface area contributed by atoms with Crippen LogP contribution in [-0.2, 0) is 32.6 Å². The van der Waals surface area contributed by atoms with Crippen LogP contribution in [0.15, 0.2) is 106 Å². The maximum Gasteiger partial charge on any atom is 0.264 e. The average molecular weight is 703 g/mol. The molecule has 1 unspecified atom stereocenters. The van der Waals surface area contributed by atoms with Crippen LogP contribution >= 0.6 is 39.1 Å². The molecule has 7 nitrogen and oxygen atoms in total. The van der Waals surface area contributed by atoms with E-state index in [0.717, 1.165) is 25.5 Å². The first-order chi connectivity index (χ1) is 20.5. The number of rotatable bonds is 11. The third-order valence-electron chi connectivity index (χ3n) is 6.82. The molecule has 2 amide bonds. The molecular weight excluding hydrogens is 673 g/mol. The molecule has 224 valence electrons. The minimum Gasteiger partial charge on any atom is -0.357 e. The molecule has 0 spiro atoms. The lowest BCUT2D eigenvalue weighted by atomic mass is 10.0. The Hall–Kier alpha value is -3.37. The van der Waals surface area contributed by atoms with Gasteiger partial charge < -0.3 is 10.2 Å². The Bertz CT molecular complexity index is 1700. The number of carbonyl (C=O) groups is 2. The summed E-state index contributed by atoms with van der Waals surface area (Å²) in [6.07, 6.45) is 0.211. The Morgan fingerprint density at radius 2 is 1.56 bits per heavy atom. The second-order valence-corrected chi connectivity index (χ2v) is 13.5. The summed E-state index contributed by atoms with van der Waals surface area (Å²) in [5.41, 5.74) is 2.51. The normalized spacial score (nSPS) is 11.9. The molecule has 0 saturated heterocycles. The van der Waals surface area contributed by atoms with Gasteiger partial charge in [0.2, 0.25) is 11.8 Å². The predicted molar refractivity (Wildman–Crippen MR) is 175 cm³/mol. The number of benzene rings is 4. The van der Waals surface area contributed by atoms with E-state index in [0.29, 0.717) is 0 Å². The summed E-state index contributed by atoms with van der Waals surface area (Å²) in [4.78, 5) is 29.1.